The van der Waals surface area contributed by atoms with Gasteiger partial charge in [0.15, 0.2) is 0 Å². The number of hydrogen-bond acceptors (Lipinski definition) is 5. The Morgan fingerprint density at radius 2 is 1.57 bits per heavy atom. The number of β-amino-alcohol motifs (C(OH)–C–C–N with tert-alkyl or cyclic N) is 2. The summed E-state index contributed by atoms with van der Waals surface area (Å²) in [5.74, 6) is 0.714. The Bertz CT molecular complexity index is 390. The van der Waals surface area contributed by atoms with Gasteiger partial charge in [0.25, 0.3) is 0 Å². The van der Waals surface area contributed by atoms with E-state index in [1.54, 1.807) is 0 Å². The minimum absolute atomic E-state index is 0.0227. The van der Waals surface area contributed by atoms with Crippen LogP contribution in [0.3, 0.4) is 0 Å². The first-order valence-corrected chi connectivity index (χ1v) is 8.70. The second kappa shape index (κ2) is 7.47. The summed E-state index contributed by atoms with van der Waals surface area (Å²) in [6.07, 6.45) is -0.301. The van der Waals surface area contributed by atoms with E-state index in [1.165, 1.54) is 0 Å². The van der Waals surface area contributed by atoms with Crippen LogP contribution in [0.25, 0.3) is 0 Å². The van der Waals surface area contributed by atoms with Crippen molar-refractivity contribution in [3.8, 4) is 0 Å². The molecule has 3 atom stereocenters. The zero-order valence-corrected chi connectivity index (χ0v) is 14.6. The van der Waals surface area contributed by atoms with Crippen LogP contribution in [-0.4, -0.2) is 82.1 Å². The Labute approximate surface area is 139 Å². The normalized spacial score (nSPS) is 31.4. The number of aliphatic hydroxyl groups is 3. The summed E-state index contributed by atoms with van der Waals surface area (Å²) in [4.78, 5) is 16.2. The average molecular weight is 328 g/mol. The van der Waals surface area contributed by atoms with Crippen molar-refractivity contribution in [3.63, 3.8) is 0 Å². The van der Waals surface area contributed by atoms with Crippen molar-refractivity contribution >= 4 is 5.91 Å². The first-order valence-electron chi connectivity index (χ1n) is 8.70. The van der Waals surface area contributed by atoms with Crippen LogP contribution in [0, 0.1) is 11.3 Å². The molecule has 134 valence electrons. The second-order valence-corrected chi connectivity index (χ2v) is 8.41. The number of carbonyl (C=O) groups is 1. The van der Waals surface area contributed by atoms with Crippen LogP contribution < -0.4 is 0 Å². The Morgan fingerprint density at radius 1 is 1.04 bits per heavy atom. The van der Waals surface area contributed by atoms with Gasteiger partial charge in [0.2, 0.25) is 5.91 Å². The van der Waals surface area contributed by atoms with Crippen LogP contribution in [-0.2, 0) is 4.79 Å². The Balaban J connectivity index is 1.76. The summed E-state index contributed by atoms with van der Waals surface area (Å²) in [6, 6.07) is 0. The van der Waals surface area contributed by atoms with Crippen LogP contribution in [0.4, 0.5) is 0 Å². The summed E-state index contributed by atoms with van der Waals surface area (Å²) in [5, 5.41) is 29.1. The number of nitrogens with zero attached hydrogens (tertiary/aromatic N) is 2. The molecule has 3 N–H and O–H groups in total. The predicted octanol–water partition coefficient (Wildman–Crippen LogP) is 0.0595. The molecule has 0 aliphatic carbocycles. The first kappa shape index (κ1) is 18.6. The van der Waals surface area contributed by atoms with E-state index in [0.717, 1.165) is 32.5 Å². The van der Waals surface area contributed by atoms with Crippen molar-refractivity contribution in [3.05, 3.63) is 0 Å². The minimum Gasteiger partial charge on any atom is -0.389 e. The average Bonchev–Trinajstić information content (AvgIpc) is 2.43. The molecule has 2 heterocycles. The van der Waals surface area contributed by atoms with Crippen LogP contribution in [0.1, 0.15) is 40.0 Å². The molecule has 0 bridgehead atoms. The van der Waals surface area contributed by atoms with Gasteiger partial charge in [-0.1, -0.05) is 20.8 Å². The summed E-state index contributed by atoms with van der Waals surface area (Å²) in [6.45, 7) is 9.45. The molecule has 0 spiro atoms. The molecule has 0 unspecified atom stereocenters. The smallest absolute Gasteiger partial charge is 0.223 e. The molecule has 0 saturated carbocycles. The Morgan fingerprint density at radius 3 is 2.04 bits per heavy atom. The molecule has 0 aromatic rings. The fourth-order valence-corrected chi connectivity index (χ4v) is 3.52. The van der Waals surface area contributed by atoms with E-state index in [-0.39, 0.29) is 11.3 Å². The lowest BCUT2D eigenvalue weighted by molar-refractivity contribution is -0.135. The van der Waals surface area contributed by atoms with Gasteiger partial charge in [-0.15, -0.1) is 0 Å². The lowest BCUT2D eigenvalue weighted by Gasteiger charge is -2.40. The standard InChI is InChI=1S/C17H32N2O4/c1-17(2,3)8-15(22)19-6-4-12(5-7-19)9-18-10-13(20)16(23)14(21)11-18/h12-14,16,20-21,23H,4-11H2,1-3H3/t13-,14+,16+. The molecule has 2 aliphatic heterocycles. The molecular formula is C17H32N2O4. The molecule has 6 nitrogen and oxygen atoms in total. The van der Waals surface area contributed by atoms with Gasteiger partial charge in [0.1, 0.15) is 6.10 Å². The van der Waals surface area contributed by atoms with Gasteiger partial charge in [0.05, 0.1) is 12.2 Å². The molecule has 2 aliphatic rings. The molecule has 0 aromatic heterocycles. The van der Waals surface area contributed by atoms with Crippen molar-refractivity contribution in [2.75, 3.05) is 32.7 Å². The molecular weight excluding hydrogens is 296 g/mol. The molecule has 0 aromatic carbocycles. The Kier molecular flexibility index (Phi) is 6.05. The fourth-order valence-electron chi connectivity index (χ4n) is 3.52. The second-order valence-electron chi connectivity index (χ2n) is 8.41. The highest BCUT2D eigenvalue weighted by Gasteiger charge is 2.35. The molecule has 2 rings (SSSR count). The minimum atomic E-state index is -1.04. The monoisotopic (exact) mass is 328 g/mol. The number of piperidine rings is 2. The maximum absolute atomic E-state index is 12.3. The quantitative estimate of drug-likeness (QED) is 0.682. The Hall–Kier alpha value is -0.690. The van der Waals surface area contributed by atoms with E-state index < -0.39 is 18.3 Å². The topological polar surface area (TPSA) is 84.2 Å². The molecule has 0 radical (unpaired) electrons. The van der Waals surface area contributed by atoms with Gasteiger partial charge in [-0.3, -0.25) is 9.69 Å². The molecule has 23 heavy (non-hydrogen) atoms. The van der Waals surface area contributed by atoms with E-state index in [1.807, 2.05) is 9.80 Å². The third-order valence-electron chi connectivity index (χ3n) is 4.84. The van der Waals surface area contributed by atoms with Crippen molar-refractivity contribution in [2.24, 2.45) is 11.3 Å². The molecule has 2 fully saturated rings. The highest BCUT2D eigenvalue weighted by molar-refractivity contribution is 5.76. The van der Waals surface area contributed by atoms with E-state index in [2.05, 4.69) is 20.8 Å². The van der Waals surface area contributed by atoms with Gasteiger partial charge >= 0.3 is 0 Å². The van der Waals surface area contributed by atoms with E-state index in [0.29, 0.717) is 25.4 Å². The van der Waals surface area contributed by atoms with Gasteiger partial charge in [-0.05, 0) is 24.2 Å². The van der Waals surface area contributed by atoms with Gasteiger partial charge < -0.3 is 20.2 Å². The highest BCUT2D eigenvalue weighted by Crippen LogP contribution is 2.24. The maximum Gasteiger partial charge on any atom is 0.223 e. The summed E-state index contributed by atoms with van der Waals surface area (Å²) in [5.41, 5.74) is 0.0227. The van der Waals surface area contributed by atoms with E-state index in [4.69, 9.17) is 0 Å². The van der Waals surface area contributed by atoms with Crippen molar-refractivity contribution in [1.82, 2.24) is 9.80 Å². The van der Waals surface area contributed by atoms with Gasteiger partial charge in [0, 0.05) is 39.1 Å². The molecule has 1 amide bonds. The number of carbonyl (C=O) groups excluding carboxylic acids is 1. The predicted molar refractivity (Wildman–Crippen MR) is 87.8 cm³/mol. The van der Waals surface area contributed by atoms with Crippen LogP contribution >= 0.6 is 0 Å². The number of rotatable bonds is 3. The summed E-state index contributed by atoms with van der Waals surface area (Å²) in [7, 11) is 0. The first-order chi connectivity index (χ1) is 10.7. The van der Waals surface area contributed by atoms with Crippen LogP contribution in [0.15, 0.2) is 0 Å². The van der Waals surface area contributed by atoms with Crippen molar-refractivity contribution in [1.29, 1.82) is 0 Å². The van der Waals surface area contributed by atoms with Gasteiger partial charge in [-0.2, -0.15) is 0 Å². The highest BCUT2D eigenvalue weighted by atomic mass is 16.4. The third kappa shape index (κ3) is 5.41. The van der Waals surface area contributed by atoms with Crippen molar-refractivity contribution in [2.45, 2.75) is 58.3 Å². The lowest BCUT2D eigenvalue weighted by Crippen LogP contribution is -2.56. The maximum atomic E-state index is 12.3. The number of amides is 1. The SMILES string of the molecule is CC(C)(C)CC(=O)N1CCC(CN2C[C@@H](O)[C@H](O)[C@@H](O)C2)CC1. The number of aliphatic hydroxyl groups excluding tert-OH is 3. The molecule has 2 saturated heterocycles. The summed E-state index contributed by atoms with van der Waals surface area (Å²) < 4.78 is 0. The van der Waals surface area contributed by atoms with Crippen LogP contribution in [0.5, 0.6) is 0 Å². The van der Waals surface area contributed by atoms with Crippen LogP contribution in [0.2, 0.25) is 0 Å². The van der Waals surface area contributed by atoms with Crippen molar-refractivity contribution < 1.29 is 20.1 Å². The summed E-state index contributed by atoms with van der Waals surface area (Å²) >= 11 is 0. The lowest BCUT2D eigenvalue weighted by atomic mass is 9.90. The van der Waals surface area contributed by atoms with Gasteiger partial charge in [-0.25, -0.2) is 0 Å². The molecule has 6 heteroatoms. The number of hydrogen-bond donors (Lipinski definition) is 3. The zero-order chi connectivity index (χ0) is 17.2. The zero-order valence-electron chi connectivity index (χ0n) is 14.6. The third-order valence-corrected chi connectivity index (χ3v) is 4.84. The fraction of sp³-hybridized carbons (Fsp3) is 0.941. The van der Waals surface area contributed by atoms with E-state index in [9.17, 15) is 20.1 Å². The largest absolute Gasteiger partial charge is 0.389 e. The number of likely N-dealkylation sites (tertiary alicyclic amines) is 2. The van der Waals surface area contributed by atoms with E-state index >= 15 is 0 Å².